The van der Waals surface area contributed by atoms with Crippen molar-refractivity contribution in [3.63, 3.8) is 0 Å². The molecule has 3 saturated carbocycles. The van der Waals surface area contributed by atoms with Crippen molar-refractivity contribution in [2.75, 3.05) is 0 Å². The van der Waals surface area contributed by atoms with E-state index in [1.54, 1.807) is 0 Å². The summed E-state index contributed by atoms with van der Waals surface area (Å²) in [6.07, 6.45) is 9.39. The van der Waals surface area contributed by atoms with Crippen molar-refractivity contribution in [2.45, 2.75) is 77.1 Å². The lowest BCUT2D eigenvalue weighted by Crippen LogP contribution is -2.42. The van der Waals surface area contributed by atoms with Gasteiger partial charge in [0.15, 0.2) is 0 Å². The Morgan fingerprint density at radius 3 is 2.58 bits per heavy atom. The summed E-state index contributed by atoms with van der Waals surface area (Å²) in [5.41, 5.74) is 3.57. The van der Waals surface area contributed by atoms with Crippen molar-refractivity contribution < 1.29 is 15.3 Å². The van der Waals surface area contributed by atoms with Gasteiger partial charge in [0, 0.05) is 0 Å². The van der Waals surface area contributed by atoms with Gasteiger partial charge in [-0.05, 0) is 74.7 Å². The van der Waals surface area contributed by atoms with Crippen molar-refractivity contribution in [3.05, 3.63) is 35.5 Å². The predicted molar refractivity (Wildman–Crippen MR) is 96.4 cm³/mol. The van der Waals surface area contributed by atoms with E-state index in [2.05, 4.69) is 25.7 Å². The van der Waals surface area contributed by atoms with Gasteiger partial charge in [-0.1, -0.05) is 36.8 Å². The highest BCUT2D eigenvalue weighted by Gasteiger charge is 2.52. The fraction of sp³-hybridized carbons (Fsp3) is 0.714. The van der Waals surface area contributed by atoms with Crippen molar-refractivity contribution in [3.8, 4) is 0 Å². The minimum absolute atomic E-state index is 0.0146. The lowest BCUT2D eigenvalue weighted by molar-refractivity contribution is -0.0110. The average molecular weight is 332 g/mol. The first-order valence-electron chi connectivity index (χ1n) is 9.43. The monoisotopic (exact) mass is 332 g/mol. The molecule has 0 unspecified atom stereocenters. The van der Waals surface area contributed by atoms with Crippen LogP contribution in [0.4, 0.5) is 0 Å². The highest BCUT2D eigenvalue weighted by molar-refractivity contribution is 5.36. The van der Waals surface area contributed by atoms with Crippen LogP contribution < -0.4 is 0 Å². The Balaban J connectivity index is 1.86. The predicted octanol–water partition coefficient (Wildman–Crippen LogP) is 3.51. The quantitative estimate of drug-likeness (QED) is 0.725. The number of aliphatic hydroxyl groups is 3. The molecule has 0 radical (unpaired) electrons. The van der Waals surface area contributed by atoms with Crippen LogP contribution in [-0.2, 0) is 0 Å². The summed E-state index contributed by atoms with van der Waals surface area (Å²) in [5, 5.41) is 30.5. The minimum Gasteiger partial charge on any atom is -0.393 e. The Hall–Kier alpha value is -0.900. The van der Waals surface area contributed by atoms with Crippen LogP contribution in [0.2, 0.25) is 0 Å². The van der Waals surface area contributed by atoms with E-state index in [4.69, 9.17) is 0 Å². The molecule has 0 aromatic heterocycles. The normalized spacial score (nSPS) is 44.8. The second-order valence-electron chi connectivity index (χ2n) is 8.48. The highest BCUT2D eigenvalue weighted by atomic mass is 16.3. The molecule has 3 N–H and O–H groups in total. The number of hydrogen-bond acceptors (Lipinski definition) is 3. The zero-order valence-electron chi connectivity index (χ0n) is 15.0. The summed E-state index contributed by atoms with van der Waals surface area (Å²) < 4.78 is 0. The second kappa shape index (κ2) is 6.78. The standard InChI is InChI=1S/C21H32O3/c1-13-4-7-17(23)10-15(13)5-6-16-11-18(24)12-21(3)19(14(2)22)8-9-20(16)21/h5-6,14,17-20,22-24H,1,4,7-12H2,2-3H3/b15-5-,16-6+/t14-,17-,18-,19+,20-,21+/m0/s1. The van der Waals surface area contributed by atoms with Crippen LogP contribution in [0.5, 0.6) is 0 Å². The van der Waals surface area contributed by atoms with E-state index in [0.717, 1.165) is 49.7 Å². The molecule has 0 heterocycles. The minimum atomic E-state index is -0.324. The lowest BCUT2D eigenvalue weighted by atomic mass is 9.61. The molecule has 0 amide bonds. The van der Waals surface area contributed by atoms with Crippen molar-refractivity contribution in [2.24, 2.45) is 17.3 Å². The van der Waals surface area contributed by atoms with Gasteiger partial charge in [0.25, 0.3) is 0 Å². The fourth-order valence-corrected chi connectivity index (χ4v) is 5.53. The molecular formula is C21H32O3. The highest BCUT2D eigenvalue weighted by Crippen LogP contribution is 2.58. The molecule has 134 valence electrons. The molecule has 0 saturated heterocycles. The maximum absolute atomic E-state index is 10.4. The summed E-state index contributed by atoms with van der Waals surface area (Å²) in [6.45, 7) is 8.26. The molecule has 3 nitrogen and oxygen atoms in total. The van der Waals surface area contributed by atoms with Gasteiger partial charge in [0.2, 0.25) is 0 Å². The molecule has 3 heteroatoms. The smallest absolute Gasteiger partial charge is 0.0583 e. The number of allylic oxidation sites excluding steroid dienone is 3. The SMILES string of the molecule is C=C1CC[C@H](O)C/C1=C/C=C1\C[C@H](O)C[C@]2(C)[C@@H]([C@H](C)O)CC[C@@H]12. The van der Waals surface area contributed by atoms with E-state index in [1.807, 2.05) is 6.92 Å². The number of hydrogen-bond donors (Lipinski definition) is 3. The second-order valence-corrected chi connectivity index (χ2v) is 8.48. The van der Waals surface area contributed by atoms with E-state index in [0.29, 0.717) is 12.3 Å². The van der Waals surface area contributed by atoms with Crippen LogP contribution in [0.3, 0.4) is 0 Å². The van der Waals surface area contributed by atoms with Gasteiger partial charge in [-0.25, -0.2) is 0 Å². The van der Waals surface area contributed by atoms with Crippen LogP contribution in [0.1, 0.15) is 58.8 Å². The first-order valence-corrected chi connectivity index (χ1v) is 9.43. The van der Waals surface area contributed by atoms with E-state index < -0.39 is 0 Å². The van der Waals surface area contributed by atoms with Crippen LogP contribution in [0.15, 0.2) is 35.5 Å². The van der Waals surface area contributed by atoms with E-state index >= 15 is 0 Å². The van der Waals surface area contributed by atoms with Gasteiger partial charge in [-0.2, -0.15) is 0 Å². The number of rotatable bonds is 2. The van der Waals surface area contributed by atoms with Gasteiger partial charge < -0.3 is 15.3 Å². The Kier molecular flexibility index (Phi) is 5.06. The molecule has 0 bridgehead atoms. The van der Waals surface area contributed by atoms with Crippen LogP contribution in [0.25, 0.3) is 0 Å². The number of fused-ring (bicyclic) bond motifs is 1. The van der Waals surface area contributed by atoms with E-state index in [1.165, 1.54) is 5.57 Å². The van der Waals surface area contributed by atoms with Gasteiger partial charge >= 0.3 is 0 Å². The lowest BCUT2D eigenvalue weighted by Gasteiger charge is -2.45. The average Bonchev–Trinajstić information content (AvgIpc) is 2.84. The molecule has 0 aliphatic heterocycles. The van der Waals surface area contributed by atoms with E-state index in [-0.39, 0.29) is 29.6 Å². The first-order chi connectivity index (χ1) is 11.3. The summed E-state index contributed by atoms with van der Waals surface area (Å²) in [7, 11) is 0. The van der Waals surface area contributed by atoms with E-state index in [9.17, 15) is 15.3 Å². The zero-order valence-corrected chi connectivity index (χ0v) is 15.0. The molecule has 3 aliphatic carbocycles. The Labute approximate surface area is 145 Å². The molecule has 3 aliphatic rings. The molecule has 24 heavy (non-hydrogen) atoms. The maximum atomic E-state index is 10.4. The van der Waals surface area contributed by atoms with Crippen LogP contribution in [0, 0.1) is 17.3 Å². The summed E-state index contributed by atoms with van der Waals surface area (Å²) in [5.74, 6) is 0.708. The maximum Gasteiger partial charge on any atom is 0.0583 e. The third kappa shape index (κ3) is 3.26. The fourth-order valence-electron chi connectivity index (χ4n) is 5.53. The largest absolute Gasteiger partial charge is 0.393 e. The third-order valence-corrected chi connectivity index (χ3v) is 6.77. The van der Waals surface area contributed by atoms with Crippen molar-refractivity contribution >= 4 is 0 Å². The molecular weight excluding hydrogens is 300 g/mol. The van der Waals surface area contributed by atoms with Gasteiger partial charge in [-0.15, -0.1) is 0 Å². The molecule has 3 fully saturated rings. The van der Waals surface area contributed by atoms with Gasteiger partial charge in [-0.3, -0.25) is 0 Å². The molecule has 6 atom stereocenters. The summed E-state index contributed by atoms with van der Waals surface area (Å²) >= 11 is 0. The van der Waals surface area contributed by atoms with Crippen LogP contribution in [-0.4, -0.2) is 33.6 Å². The Morgan fingerprint density at radius 1 is 1.12 bits per heavy atom. The van der Waals surface area contributed by atoms with Gasteiger partial charge in [0.1, 0.15) is 0 Å². The first kappa shape index (κ1) is 17.9. The summed E-state index contributed by atoms with van der Waals surface area (Å²) in [6, 6.07) is 0. The Morgan fingerprint density at radius 2 is 1.88 bits per heavy atom. The van der Waals surface area contributed by atoms with Crippen LogP contribution >= 0.6 is 0 Å². The van der Waals surface area contributed by atoms with Crippen molar-refractivity contribution in [1.29, 1.82) is 0 Å². The zero-order chi connectivity index (χ0) is 17.5. The Bertz CT molecular complexity index is 559. The molecule has 0 spiro atoms. The topological polar surface area (TPSA) is 60.7 Å². The third-order valence-electron chi connectivity index (χ3n) is 6.77. The van der Waals surface area contributed by atoms with Crippen molar-refractivity contribution in [1.82, 2.24) is 0 Å². The number of aliphatic hydroxyl groups excluding tert-OH is 3. The molecule has 0 aromatic rings. The summed E-state index contributed by atoms with van der Waals surface area (Å²) in [4.78, 5) is 0. The van der Waals surface area contributed by atoms with Gasteiger partial charge in [0.05, 0.1) is 18.3 Å². The molecule has 0 aromatic carbocycles. The molecule has 3 rings (SSSR count).